The third-order valence-corrected chi connectivity index (χ3v) is 8.65. The monoisotopic (exact) mass is 692 g/mol. The van der Waals surface area contributed by atoms with Gasteiger partial charge in [0.1, 0.15) is 10.8 Å². The second-order valence-electron chi connectivity index (χ2n) is 12.4. The number of carbonyl (C=O) groups excluding carboxylic acids is 1. The van der Waals surface area contributed by atoms with E-state index in [-0.39, 0.29) is 39.2 Å². The Bertz CT molecular complexity index is 1810. The Kier molecular flexibility index (Phi) is 10.7. The second kappa shape index (κ2) is 14.0. The molecular weight excluding hydrogens is 657 g/mol. The van der Waals surface area contributed by atoms with Crippen LogP contribution in [0.5, 0.6) is 11.5 Å². The maximum atomic E-state index is 15.0. The van der Waals surface area contributed by atoms with Crippen LogP contribution < -0.4 is 21.2 Å². The number of nitrogens with two attached hydrogens (primary N) is 1. The van der Waals surface area contributed by atoms with Crippen molar-refractivity contribution >= 4 is 37.2 Å². The quantitative estimate of drug-likeness (QED) is 0.144. The molecule has 0 aliphatic carbocycles. The van der Waals surface area contributed by atoms with E-state index in [1.807, 2.05) is 0 Å². The summed E-state index contributed by atoms with van der Waals surface area (Å²) >= 11 is 6.08. The molecule has 2 heterocycles. The van der Waals surface area contributed by atoms with Crippen LogP contribution in [0, 0.1) is 11.6 Å². The molecule has 2 aromatic carbocycles. The zero-order valence-electron chi connectivity index (χ0n) is 26.6. The van der Waals surface area contributed by atoms with E-state index in [9.17, 15) is 18.9 Å². The van der Waals surface area contributed by atoms with Crippen molar-refractivity contribution in [2.24, 2.45) is 0 Å². The fourth-order valence-corrected chi connectivity index (χ4v) is 6.38. The summed E-state index contributed by atoms with van der Waals surface area (Å²) in [6.45, 7) is 9.94. The van der Waals surface area contributed by atoms with Crippen molar-refractivity contribution < 1.29 is 36.8 Å². The van der Waals surface area contributed by atoms with E-state index in [1.165, 1.54) is 65.6 Å². The number of pyridine rings is 2. The summed E-state index contributed by atoms with van der Waals surface area (Å²) in [6.07, 6.45) is 3.94. The van der Waals surface area contributed by atoms with Gasteiger partial charge in [-0.15, -0.1) is 0 Å². The van der Waals surface area contributed by atoms with Gasteiger partial charge in [-0.25, -0.2) is 4.98 Å². The summed E-state index contributed by atoms with van der Waals surface area (Å²) in [5, 5.41) is 2.51. The predicted octanol–water partition coefficient (Wildman–Crippen LogP) is 7.48. The first-order valence-electron chi connectivity index (χ1n) is 14.3. The van der Waals surface area contributed by atoms with Crippen LogP contribution in [-0.4, -0.2) is 31.6 Å². The van der Waals surface area contributed by atoms with Gasteiger partial charge < -0.3 is 5.73 Å². The van der Waals surface area contributed by atoms with Gasteiger partial charge in [0, 0.05) is 12.3 Å². The Morgan fingerprint density at radius 2 is 1.64 bits per heavy atom. The molecule has 0 saturated heterocycles. The molecule has 0 spiro atoms. The number of aromatic nitrogens is 2. The summed E-state index contributed by atoms with van der Waals surface area (Å²) in [7, 11) is -4.29. The standard InChI is InChI=1S/C32H36ClF2N4O7P/c1-31(2,3)45-47(42,46-32(4,5)6)43-18-39-16-22(19-7-9-20(34)10-8-19)28(40)23(17-39)30(41)38-21-11-12-25(24(35)15-21)44-26-13-14-37-29(36)27(26)33/h7-17,42,47H,18H2,1-6H3,(H2,36,37)(H,38,41). The van der Waals surface area contributed by atoms with E-state index < -0.39 is 49.1 Å². The fourth-order valence-electron chi connectivity index (χ4n) is 4.21. The molecule has 47 heavy (non-hydrogen) atoms. The number of hydrogen-bond donors (Lipinski definition) is 3. The van der Waals surface area contributed by atoms with E-state index >= 15 is 4.39 Å². The third kappa shape index (κ3) is 9.77. The van der Waals surface area contributed by atoms with Gasteiger partial charge >= 0.3 is 225 Å². The molecule has 0 bridgehead atoms. The number of halogens is 3. The molecule has 0 saturated carbocycles. The van der Waals surface area contributed by atoms with Crippen LogP contribution in [0.25, 0.3) is 11.1 Å². The van der Waals surface area contributed by atoms with Gasteiger partial charge in [-0.2, -0.15) is 0 Å². The number of nitrogen functional groups attached to an aromatic ring is 1. The first-order valence-corrected chi connectivity index (χ1v) is 16.3. The minimum atomic E-state index is -4.29. The van der Waals surface area contributed by atoms with Gasteiger partial charge in [-0.1, -0.05) is 11.6 Å². The van der Waals surface area contributed by atoms with Crippen LogP contribution in [0.15, 0.2) is 71.9 Å². The van der Waals surface area contributed by atoms with Crippen LogP contribution in [-0.2, 0) is 20.3 Å². The molecule has 0 radical (unpaired) electrons. The first-order chi connectivity index (χ1) is 21.8. The molecule has 0 fully saturated rings. The van der Waals surface area contributed by atoms with Crippen LogP contribution in [0.1, 0.15) is 51.9 Å². The molecule has 1 amide bonds. The normalized spacial score (nSPS) is 12.6. The molecule has 2 aromatic heterocycles. The number of hydrogen-bond acceptors (Lipinski definition) is 9. The molecule has 15 heteroatoms. The maximum absolute atomic E-state index is 15.0. The third-order valence-electron chi connectivity index (χ3n) is 6.04. The summed E-state index contributed by atoms with van der Waals surface area (Å²) in [6, 6.07) is 10.1. The summed E-state index contributed by atoms with van der Waals surface area (Å²) < 4.78 is 53.0. The Hall–Kier alpha value is -3.97. The fraction of sp³-hybridized carbons (Fsp3) is 0.281. The van der Waals surface area contributed by atoms with E-state index in [1.54, 1.807) is 41.5 Å². The number of anilines is 2. The molecule has 4 rings (SSSR count). The molecule has 252 valence electrons. The molecule has 11 nitrogen and oxygen atoms in total. The van der Waals surface area contributed by atoms with E-state index in [0.717, 1.165) is 6.07 Å². The average Bonchev–Trinajstić information content (AvgIpc) is 2.94. The molecule has 0 aliphatic rings. The summed E-state index contributed by atoms with van der Waals surface area (Å²) in [4.78, 5) is 42.1. The number of nitrogens with zero attached hydrogens (tertiary/aromatic N) is 2. The van der Waals surface area contributed by atoms with E-state index in [4.69, 9.17) is 35.6 Å². The Morgan fingerprint density at radius 1 is 1.00 bits per heavy atom. The van der Waals surface area contributed by atoms with Crippen LogP contribution >= 0.6 is 19.8 Å². The zero-order chi connectivity index (χ0) is 34.7. The van der Waals surface area contributed by atoms with E-state index in [0.29, 0.717) is 5.56 Å². The van der Waals surface area contributed by atoms with Gasteiger partial charge in [0.15, 0.2) is 5.75 Å². The number of ether oxygens (including phenoxy) is 1. The zero-order valence-corrected chi connectivity index (χ0v) is 28.3. The van der Waals surface area contributed by atoms with Crippen molar-refractivity contribution in [1.29, 1.82) is 0 Å². The number of carbonyl (C=O) groups is 1. The van der Waals surface area contributed by atoms with Gasteiger partial charge in [-0.3, -0.25) is 0 Å². The van der Waals surface area contributed by atoms with Crippen LogP contribution in [0.3, 0.4) is 0 Å². The van der Waals surface area contributed by atoms with Crippen LogP contribution in [0.4, 0.5) is 20.3 Å². The van der Waals surface area contributed by atoms with Crippen LogP contribution in [0.2, 0.25) is 5.02 Å². The van der Waals surface area contributed by atoms with Gasteiger partial charge in [0.25, 0.3) is 0 Å². The van der Waals surface area contributed by atoms with E-state index in [2.05, 4.69) is 10.3 Å². The SMILES string of the molecule is CC(C)(C)O[PH](O)(OCn1cc(C(=O)Nc2ccc(Oc3ccnc(N)c3Cl)c(F)c2)c(=O)c(-c2ccc(F)cc2)c1)OC(C)(C)C. The van der Waals surface area contributed by atoms with Crippen molar-refractivity contribution in [1.82, 2.24) is 9.55 Å². The summed E-state index contributed by atoms with van der Waals surface area (Å²) in [5.41, 5.74) is 3.30. The molecule has 0 aliphatic heterocycles. The Balaban J connectivity index is 1.66. The number of amides is 1. The molecule has 0 unspecified atom stereocenters. The number of nitrogens with one attached hydrogen (secondary N) is 1. The van der Waals surface area contributed by atoms with Crippen molar-refractivity contribution in [3.8, 4) is 22.6 Å². The topological polar surface area (TPSA) is 147 Å². The van der Waals surface area contributed by atoms with Gasteiger partial charge in [0.05, 0.1) is 0 Å². The molecule has 0 atom stereocenters. The van der Waals surface area contributed by atoms with Crippen molar-refractivity contribution in [3.05, 3.63) is 99.6 Å². The average molecular weight is 693 g/mol. The number of rotatable bonds is 10. The summed E-state index contributed by atoms with van der Waals surface area (Å²) in [5.74, 6) is -2.38. The Morgan fingerprint density at radius 3 is 2.23 bits per heavy atom. The second-order valence-corrected chi connectivity index (χ2v) is 14.5. The number of benzene rings is 2. The molecule has 4 N–H and O–H groups in total. The molecular formula is C32H36ClF2N4O7P. The first kappa shape index (κ1) is 35.9. The predicted molar refractivity (Wildman–Crippen MR) is 177 cm³/mol. The Labute approximate surface area is 275 Å². The van der Waals surface area contributed by atoms with Crippen molar-refractivity contribution in [2.45, 2.75) is 59.5 Å². The van der Waals surface area contributed by atoms with Crippen molar-refractivity contribution in [2.75, 3.05) is 11.1 Å². The van der Waals surface area contributed by atoms with Gasteiger partial charge in [0.2, 0.25) is 0 Å². The van der Waals surface area contributed by atoms with Gasteiger partial charge in [-0.05, 0) is 0 Å². The van der Waals surface area contributed by atoms with Crippen molar-refractivity contribution in [3.63, 3.8) is 0 Å². The minimum absolute atomic E-state index is 0.00150. The molecule has 4 aromatic rings.